The van der Waals surface area contributed by atoms with E-state index in [2.05, 4.69) is 20.3 Å². The molecule has 0 saturated carbocycles. The molecule has 3 N–H and O–H groups in total. The summed E-state index contributed by atoms with van der Waals surface area (Å²) in [6.45, 7) is 1.78. The zero-order chi connectivity index (χ0) is 17.8. The van der Waals surface area contributed by atoms with Crippen molar-refractivity contribution in [1.29, 1.82) is 0 Å². The van der Waals surface area contributed by atoms with Crippen molar-refractivity contribution in [3.8, 4) is 0 Å². The molecule has 0 radical (unpaired) electrons. The van der Waals surface area contributed by atoms with Crippen LogP contribution in [0.15, 0.2) is 21.9 Å². The molecular formula is C16H19N5O4. The van der Waals surface area contributed by atoms with Gasteiger partial charge in [0.25, 0.3) is 11.5 Å². The maximum Gasteiger partial charge on any atom is 0.327 e. The molecule has 25 heavy (non-hydrogen) atoms. The van der Waals surface area contributed by atoms with Gasteiger partial charge in [0.1, 0.15) is 5.65 Å². The fourth-order valence-corrected chi connectivity index (χ4v) is 2.86. The Morgan fingerprint density at radius 2 is 1.92 bits per heavy atom. The minimum atomic E-state index is -0.654. The monoisotopic (exact) mass is 345 g/mol. The van der Waals surface area contributed by atoms with Crippen molar-refractivity contribution in [3.63, 3.8) is 0 Å². The van der Waals surface area contributed by atoms with Crippen LogP contribution in [0.5, 0.6) is 0 Å². The number of fused-ring (bicyclic) bond motifs is 1. The van der Waals surface area contributed by atoms with Crippen molar-refractivity contribution >= 4 is 22.8 Å². The van der Waals surface area contributed by atoms with Crippen molar-refractivity contribution in [2.24, 2.45) is 0 Å². The van der Waals surface area contributed by atoms with Gasteiger partial charge in [-0.25, -0.2) is 9.78 Å². The molecule has 3 rings (SSSR count). The van der Waals surface area contributed by atoms with Crippen molar-refractivity contribution in [2.75, 3.05) is 19.6 Å². The maximum absolute atomic E-state index is 12.2. The number of carbonyl (C=O) groups excluding carboxylic acids is 2. The molecule has 1 aliphatic rings. The summed E-state index contributed by atoms with van der Waals surface area (Å²) in [6, 6.07) is 1.36. The van der Waals surface area contributed by atoms with Crippen molar-refractivity contribution < 1.29 is 9.59 Å². The molecule has 9 heteroatoms. The number of hydrogen-bond acceptors (Lipinski definition) is 5. The average molecular weight is 345 g/mol. The lowest BCUT2D eigenvalue weighted by Crippen LogP contribution is -2.37. The van der Waals surface area contributed by atoms with Crippen LogP contribution in [0.2, 0.25) is 0 Å². The van der Waals surface area contributed by atoms with E-state index in [9.17, 15) is 19.2 Å². The first-order valence-electron chi connectivity index (χ1n) is 8.23. The van der Waals surface area contributed by atoms with Crippen LogP contribution in [0.3, 0.4) is 0 Å². The molecule has 3 heterocycles. The van der Waals surface area contributed by atoms with Gasteiger partial charge in [0.15, 0.2) is 0 Å². The van der Waals surface area contributed by atoms with Gasteiger partial charge < -0.3 is 10.2 Å². The number of amides is 2. The Kier molecular flexibility index (Phi) is 4.92. The number of rotatable bonds is 4. The van der Waals surface area contributed by atoms with Crippen LogP contribution in [0.1, 0.15) is 36.0 Å². The number of pyridine rings is 1. The first-order valence-corrected chi connectivity index (χ1v) is 8.23. The second-order valence-corrected chi connectivity index (χ2v) is 5.98. The second kappa shape index (κ2) is 7.29. The maximum atomic E-state index is 12.2. The molecule has 0 atom stereocenters. The normalized spacial score (nSPS) is 14.5. The Morgan fingerprint density at radius 1 is 1.16 bits per heavy atom. The third-order valence-corrected chi connectivity index (χ3v) is 4.19. The van der Waals surface area contributed by atoms with Crippen molar-refractivity contribution in [2.45, 2.75) is 25.7 Å². The van der Waals surface area contributed by atoms with Gasteiger partial charge in [-0.1, -0.05) is 0 Å². The third kappa shape index (κ3) is 3.93. The van der Waals surface area contributed by atoms with Gasteiger partial charge in [-0.05, 0) is 25.3 Å². The number of carbonyl (C=O) groups is 2. The van der Waals surface area contributed by atoms with Gasteiger partial charge in [0.2, 0.25) is 5.91 Å². The Balaban J connectivity index is 1.61. The topological polar surface area (TPSA) is 128 Å². The molecular weight excluding hydrogens is 326 g/mol. The highest BCUT2D eigenvalue weighted by atomic mass is 16.2. The molecule has 0 aliphatic carbocycles. The molecule has 0 aromatic carbocycles. The molecule has 9 nitrogen and oxygen atoms in total. The highest BCUT2D eigenvalue weighted by molar-refractivity contribution is 5.96. The zero-order valence-corrected chi connectivity index (χ0v) is 13.6. The highest BCUT2D eigenvalue weighted by Crippen LogP contribution is 2.10. The molecule has 1 aliphatic heterocycles. The van der Waals surface area contributed by atoms with Crippen LogP contribution >= 0.6 is 0 Å². The number of hydrogen-bond donors (Lipinski definition) is 3. The number of nitrogens with zero attached hydrogens (tertiary/aromatic N) is 2. The largest absolute Gasteiger partial charge is 0.351 e. The molecule has 0 unspecified atom stereocenters. The van der Waals surface area contributed by atoms with Crippen LogP contribution in [-0.4, -0.2) is 51.3 Å². The Hall–Kier alpha value is -2.97. The molecule has 2 aromatic heterocycles. The summed E-state index contributed by atoms with van der Waals surface area (Å²) < 4.78 is 0. The van der Waals surface area contributed by atoms with Crippen LogP contribution in [0.25, 0.3) is 11.0 Å². The van der Waals surface area contributed by atoms with Gasteiger partial charge >= 0.3 is 5.69 Å². The smallest absolute Gasteiger partial charge is 0.327 e. The van der Waals surface area contributed by atoms with Gasteiger partial charge in [-0.2, -0.15) is 0 Å². The molecule has 2 aromatic rings. The number of piperidine rings is 1. The predicted octanol–water partition coefficient (Wildman–Crippen LogP) is -0.256. The van der Waals surface area contributed by atoms with E-state index in [0.29, 0.717) is 0 Å². The molecule has 0 bridgehead atoms. The number of nitrogens with one attached hydrogen (secondary N) is 3. The van der Waals surface area contributed by atoms with Crippen LogP contribution in [0, 0.1) is 0 Å². The lowest BCUT2D eigenvalue weighted by Gasteiger charge is -2.26. The lowest BCUT2D eigenvalue weighted by molar-refractivity contribution is -0.131. The van der Waals surface area contributed by atoms with Crippen LogP contribution in [0.4, 0.5) is 0 Å². The second-order valence-electron chi connectivity index (χ2n) is 5.98. The first-order chi connectivity index (χ1) is 12.0. The summed E-state index contributed by atoms with van der Waals surface area (Å²) in [6.07, 6.45) is 4.72. The van der Waals surface area contributed by atoms with E-state index in [1.54, 1.807) is 0 Å². The number of H-pyrrole nitrogens is 2. The van der Waals surface area contributed by atoms with E-state index in [1.165, 1.54) is 12.3 Å². The Bertz CT molecular complexity index is 911. The third-order valence-electron chi connectivity index (χ3n) is 4.19. The van der Waals surface area contributed by atoms with Gasteiger partial charge in [0, 0.05) is 32.3 Å². The summed E-state index contributed by atoms with van der Waals surface area (Å²) in [7, 11) is 0. The summed E-state index contributed by atoms with van der Waals surface area (Å²) >= 11 is 0. The number of likely N-dealkylation sites (tertiary alicyclic amines) is 1. The predicted molar refractivity (Wildman–Crippen MR) is 90.4 cm³/mol. The Labute approximate surface area is 142 Å². The minimum absolute atomic E-state index is 0.0330. The Morgan fingerprint density at radius 3 is 2.68 bits per heavy atom. The molecule has 0 spiro atoms. The van der Waals surface area contributed by atoms with Crippen LogP contribution in [-0.2, 0) is 4.79 Å². The fourth-order valence-electron chi connectivity index (χ4n) is 2.86. The minimum Gasteiger partial charge on any atom is -0.351 e. The van der Waals surface area contributed by atoms with Crippen LogP contribution < -0.4 is 16.6 Å². The van der Waals surface area contributed by atoms with Crippen molar-refractivity contribution in [1.82, 2.24) is 25.2 Å². The summed E-state index contributed by atoms with van der Waals surface area (Å²) in [5, 5.41) is 2.78. The molecule has 2 amide bonds. The SMILES string of the molecule is O=C(NCCC(=O)N1CCCCC1)c1cnc2[nH]c(=O)[nH]c(=O)c2c1. The van der Waals surface area contributed by atoms with E-state index in [1.807, 2.05) is 4.90 Å². The highest BCUT2D eigenvalue weighted by Gasteiger charge is 2.16. The average Bonchev–Trinajstić information content (AvgIpc) is 2.62. The zero-order valence-electron chi connectivity index (χ0n) is 13.6. The van der Waals surface area contributed by atoms with Gasteiger partial charge in [-0.3, -0.25) is 24.4 Å². The first kappa shape index (κ1) is 16.9. The van der Waals surface area contributed by atoms with E-state index in [4.69, 9.17) is 0 Å². The van der Waals surface area contributed by atoms with Crippen molar-refractivity contribution in [3.05, 3.63) is 38.7 Å². The lowest BCUT2D eigenvalue weighted by atomic mass is 10.1. The fraction of sp³-hybridized carbons (Fsp3) is 0.438. The summed E-state index contributed by atoms with van der Waals surface area (Å²) in [4.78, 5) is 57.4. The van der Waals surface area contributed by atoms with E-state index in [0.717, 1.165) is 32.4 Å². The molecule has 1 saturated heterocycles. The van der Waals surface area contributed by atoms with Gasteiger partial charge in [-0.15, -0.1) is 0 Å². The molecule has 132 valence electrons. The van der Waals surface area contributed by atoms with E-state index in [-0.39, 0.29) is 35.5 Å². The summed E-state index contributed by atoms with van der Waals surface area (Å²) in [5.74, 6) is -0.392. The number of aromatic amines is 2. The summed E-state index contributed by atoms with van der Waals surface area (Å²) in [5.41, 5.74) is -0.958. The number of aromatic nitrogens is 3. The standard InChI is InChI=1S/C16H19N5O4/c22-12(21-6-2-1-3-7-21)4-5-17-14(23)10-8-11-13(18-9-10)19-16(25)20-15(11)24/h8-9H,1-7H2,(H,17,23)(H2,18,19,20,24,25). The van der Waals surface area contributed by atoms with E-state index >= 15 is 0 Å². The quantitative estimate of drug-likeness (QED) is 0.703. The van der Waals surface area contributed by atoms with Gasteiger partial charge in [0.05, 0.1) is 10.9 Å². The van der Waals surface area contributed by atoms with E-state index < -0.39 is 17.2 Å². The molecule has 1 fully saturated rings.